The van der Waals surface area contributed by atoms with E-state index in [0.717, 1.165) is 17.8 Å². The van der Waals surface area contributed by atoms with E-state index in [4.69, 9.17) is 15.0 Å². The first-order chi connectivity index (χ1) is 12.7. The van der Waals surface area contributed by atoms with Gasteiger partial charge in [-0.15, -0.1) is 13.2 Å². The number of nitrogens with two attached hydrogens (primary N) is 1. The summed E-state index contributed by atoms with van der Waals surface area (Å²) in [5.74, 6) is -0.142. The average molecular weight is 417 g/mol. The zero-order chi connectivity index (χ0) is 21.3. The van der Waals surface area contributed by atoms with Crippen LogP contribution in [-0.4, -0.2) is 35.6 Å². The van der Waals surface area contributed by atoms with E-state index in [1.165, 1.54) is 19.1 Å². The Hall–Kier alpha value is -1.65. The summed E-state index contributed by atoms with van der Waals surface area (Å²) in [5.41, 5.74) is 5.87. The third kappa shape index (κ3) is 5.68. The van der Waals surface area contributed by atoms with Crippen molar-refractivity contribution in [2.45, 2.75) is 52.2 Å². The van der Waals surface area contributed by atoms with Gasteiger partial charge in [0, 0.05) is 23.9 Å². The average Bonchev–Trinajstić information content (AvgIpc) is 2.73. The van der Waals surface area contributed by atoms with Crippen molar-refractivity contribution in [2.75, 3.05) is 11.5 Å². The summed E-state index contributed by atoms with van der Waals surface area (Å²) in [6.45, 7) is 8.96. The van der Waals surface area contributed by atoms with Crippen LogP contribution in [0.4, 0.5) is 18.9 Å². The lowest BCUT2D eigenvalue weighted by Crippen LogP contribution is -2.41. The predicted octanol–water partition coefficient (Wildman–Crippen LogP) is 4.46. The second-order valence-corrected chi connectivity index (χ2v) is 8.58. The Morgan fingerprint density at radius 2 is 1.82 bits per heavy atom. The molecule has 0 radical (unpaired) electrons. The van der Waals surface area contributed by atoms with Gasteiger partial charge in [0.1, 0.15) is 5.75 Å². The summed E-state index contributed by atoms with van der Waals surface area (Å²) < 4.78 is 53.5. The Kier molecular flexibility index (Phi) is 6.47. The molecule has 10 heteroatoms. The number of carbonyl (C=O) groups is 1. The summed E-state index contributed by atoms with van der Waals surface area (Å²) in [4.78, 5) is 11.4. The van der Waals surface area contributed by atoms with Gasteiger partial charge in [0.05, 0.1) is 11.2 Å². The number of thioether (sulfide) groups is 1. The van der Waals surface area contributed by atoms with E-state index in [0.29, 0.717) is 11.0 Å². The van der Waals surface area contributed by atoms with E-state index in [2.05, 4.69) is 4.74 Å². The fraction of sp³-hybridized carbons (Fsp3) is 0.500. The van der Waals surface area contributed by atoms with Crippen LogP contribution in [0.25, 0.3) is 6.08 Å². The molecule has 1 aromatic rings. The number of carbonyl (C=O) groups excluding carboxylic acids is 1. The van der Waals surface area contributed by atoms with Crippen LogP contribution in [0, 0.1) is 0 Å². The van der Waals surface area contributed by atoms with Gasteiger partial charge in [0.2, 0.25) is 0 Å². The number of ether oxygens (including phenoxy) is 1. The Labute approximate surface area is 166 Å². The minimum atomic E-state index is -4.81. The highest BCUT2D eigenvalue weighted by molar-refractivity contribution is 8.13. The first-order valence-electron chi connectivity index (χ1n) is 8.55. The molecule has 2 N–H and O–H groups in total. The molecule has 0 bridgehead atoms. The topological polar surface area (TPSA) is 70.8 Å². The third-order valence-corrected chi connectivity index (χ3v) is 5.52. The molecular weight excluding hydrogens is 394 g/mol. The lowest BCUT2D eigenvalue weighted by Gasteiger charge is -2.32. The Morgan fingerprint density at radius 3 is 2.32 bits per heavy atom. The Morgan fingerprint density at radius 1 is 1.25 bits per heavy atom. The summed E-state index contributed by atoms with van der Waals surface area (Å²) in [6, 6.07) is 3.65. The fourth-order valence-electron chi connectivity index (χ4n) is 2.43. The molecule has 1 heterocycles. The zero-order valence-electron chi connectivity index (χ0n) is 16.3. The highest BCUT2D eigenvalue weighted by Crippen LogP contribution is 2.40. The number of anilines is 1. The number of alkyl halides is 3. The molecule has 154 valence electrons. The highest BCUT2D eigenvalue weighted by Gasteiger charge is 2.52. The van der Waals surface area contributed by atoms with E-state index in [9.17, 15) is 18.0 Å². The van der Waals surface area contributed by atoms with Gasteiger partial charge < -0.3 is 19.8 Å². The maximum Gasteiger partial charge on any atom is 0.573 e. The zero-order valence-corrected chi connectivity index (χ0v) is 17.2. The van der Waals surface area contributed by atoms with E-state index in [1.54, 1.807) is 6.08 Å². The Bertz CT molecular complexity index is 765. The van der Waals surface area contributed by atoms with Crippen molar-refractivity contribution >= 4 is 35.8 Å². The van der Waals surface area contributed by atoms with Crippen molar-refractivity contribution in [1.29, 1.82) is 0 Å². The van der Waals surface area contributed by atoms with Gasteiger partial charge in [-0.05, 0) is 51.4 Å². The molecule has 0 atom stereocenters. The van der Waals surface area contributed by atoms with Gasteiger partial charge in [-0.1, -0.05) is 17.8 Å². The van der Waals surface area contributed by atoms with E-state index in [-0.39, 0.29) is 22.3 Å². The summed E-state index contributed by atoms with van der Waals surface area (Å²) >= 11 is 1.05. The standard InChI is InChI=1S/C18H23BF3NO4S/c1-11(24)28-10-13(19-26-16(2,3)17(4,5)27-19)8-12-9-14(6-7-15(12)23)25-18(20,21)22/h6-9H,10,23H2,1-5H3. The van der Waals surface area contributed by atoms with E-state index < -0.39 is 24.7 Å². The molecule has 1 fully saturated rings. The number of rotatable bonds is 5. The first kappa shape index (κ1) is 22.6. The molecule has 0 aromatic heterocycles. The van der Waals surface area contributed by atoms with Gasteiger partial charge in [-0.2, -0.15) is 0 Å². The number of hydrogen-bond acceptors (Lipinski definition) is 6. The lowest BCUT2D eigenvalue weighted by atomic mass is 9.78. The second kappa shape index (κ2) is 8.00. The molecule has 0 saturated carbocycles. The molecule has 0 unspecified atom stereocenters. The molecular formula is C18H23BF3NO4S. The molecule has 0 aliphatic carbocycles. The number of benzene rings is 1. The summed E-state index contributed by atoms with van der Waals surface area (Å²) in [7, 11) is -0.761. The van der Waals surface area contributed by atoms with Crippen molar-refractivity contribution in [1.82, 2.24) is 0 Å². The first-order valence-corrected chi connectivity index (χ1v) is 9.53. The van der Waals surface area contributed by atoms with Crippen molar-refractivity contribution in [3.63, 3.8) is 0 Å². The van der Waals surface area contributed by atoms with Gasteiger partial charge in [-0.25, -0.2) is 0 Å². The monoisotopic (exact) mass is 417 g/mol. The van der Waals surface area contributed by atoms with Crippen molar-refractivity contribution in [2.24, 2.45) is 0 Å². The van der Waals surface area contributed by atoms with Crippen LogP contribution >= 0.6 is 11.8 Å². The van der Waals surface area contributed by atoms with Crippen LogP contribution in [0.3, 0.4) is 0 Å². The third-order valence-electron chi connectivity index (χ3n) is 4.63. The maximum absolute atomic E-state index is 12.5. The minimum Gasteiger partial charge on any atom is -0.406 e. The molecule has 1 aliphatic rings. The number of hydrogen-bond donors (Lipinski definition) is 1. The molecule has 28 heavy (non-hydrogen) atoms. The number of halogens is 3. The van der Waals surface area contributed by atoms with Gasteiger partial charge in [0.25, 0.3) is 0 Å². The van der Waals surface area contributed by atoms with Crippen LogP contribution in [-0.2, 0) is 14.1 Å². The van der Waals surface area contributed by atoms with Crippen LogP contribution in [0.2, 0.25) is 0 Å². The van der Waals surface area contributed by atoms with Crippen LogP contribution in [0.1, 0.15) is 40.2 Å². The van der Waals surface area contributed by atoms with Crippen molar-refractivity contribution in [3.05, 3.63) is 29.2 Å². The van der Waals surface area contributed by atoms with Gasteiger partial charge in [-0.3, -0.25) is 4.79 Å². The quantitative estimate of drug-likeness (QED) is 0.564. The smallest absolute Gasteiger partial charge is 0.406 e. The SMILES string of the molecule is CC(=O)SCC(=Cc1cc(OC(F)(F)F)ccc1N)B1OC(C)(C)C(C)(C)O1. The fourth-order valence-corrected chi connectivity index (χ4v) is 3.02. The predicted molar refractivity (Wildman–Crippen MR) is 105 cm³/mol. The van der Waals surface area contributed by atoms with Crippen molar-refractivity contribution in [3.8, 4) is 5.75 Å². The number of nitrogen functional groups attached to an aromatic ring is 1. The van der Waals surface area contributed by atoms with Crippen molar-refractivity contribution < 1.29 is 32.0 Å². The molecule has 1 aromatic carbocycles. The molecule has 5 nitrogen and oxygen atoms in total. The summed E-state index contributed by atoms with van der Waals surface area (Å²) in [5, 5.41) is -0.107. The maximum atomic E-state index is 12.5. The Balaban J connectivity index is 2.40. The van der Waals surface area contributed by atoms with Gasteiger partial charge in [0.15, 0.2) is 5.12 Å². The molecule has 2 rings (SSSR count). The molecule has 1 aliphatic heterocycles. The second-order valence-electron chi connectivity index (χ2n) is 7.43. The normalized spacial score (nSPS) is 19.0. The molecule has 1 saturated heterocycles. The van der Waals surface area contributed by atoms with Gasteiger partial charge >= 0.3 is 13.5 Å². The summed E-state index contributed by atoms with van der Waals surface area (Å²) in [6.07, 6.45) is -3.23. The van der Waals surface area contributed by atoms with Crippen LogP contribution < -0.4 is 10.5 Å². The van der Waals surface area contributed by atoms with E-state index >= 15 is 0 Å². The largest absolute Gasteiger partial charge is 0.573 e. The van der Waals surface area contributed by atoms with Crippen LogP contribution in [0.15, 0.2) is 23.7 Å². The lowest BCUT2D eigenvalue weighted by molar-refractivity contribution is -0.274. The van der Waals surface area contributed by atoms with E-state index in [1.807, 2.05) is 27.7 Å². The minimum absolute atomic E-state index is 0.107. The molecule has 0 amide bonds. The molecule has 0 spiro atoms. The highest BCUT2D eigenvalue weighted by atomic mass is 32.2. The van der Waals surface area contributed by atoms with Crippen LogP contribution in [0.5, 0.6) is 5.75 Å².